The molecule has 3 rings (SSSR count). The summed E-state index contributed by atoms with van der Waals surface area (Å²) in [5, 5.41) is 6.86. The largest absolute Gasteiger partial charge is 0.357 e. The molecule has 5 nitrogen and oxygen atoms in total. The number of hydrogen-bond acceptors (Lipinski definition) is 2. The molecule has 1 aromatic rings. The first kappa shape index (κ1) is 20.0. The van der Waals surface area contributed by atoms with Gasteiger partial charge in [-0.1, -0.05) is 25.0 Å². The molecule has 2 fully saturated rings. The Morgan fingerprint density at radius 2 is 1.92 bits per heavy atom. The number of carbonyl (C=O) groups excluding carboxylic acids is 1. The first-order valence-corrected chi connectivity index (χ1v) is 9.20. The number of rotatable bonds is 5. The standard InChI is InChI=1S/C19H28N4O.HI/c1-2-20-19(22-16-6-3-4-7-16)21-14-15-9-11-17(12-10-15)23-13-5-8-18(23)24;/h9-12,16H,2-8,13-14H2,1H3,(H2,20,21,22);1H. The van der Waals surface area contributed by atoms with Crippen LogP contribution < -0.4 is 15.5 Å². The Balaban J connectivity index is 0.00000225. The van der Waals surface area contributed by atoms with Gasteiger partial charge in [0.1, 0.15) is 0 Å². The second-order valence-electron chi connectivity index (χ2n) is 6.64. The van der Waals surface area contributed by atoms with Crippen molar-refractivity contribution in [3.8, 4) is 0 Å². The minimum Gasteiger partial charge on any atom is -0.357 e. The second-order valence-corrected chi connectivity index (χ2v) is 6.64. The zero-order valence-electron chi connectivity index (χ0n) is 15.0. The number of benzene rings is 1. The van der Waals surface area contributed by atoms with Gasteiger partial charge < -0.3 is 15.5 Å². The number of carbonyl (C=O) groups is 1. The summed E-state index contributed by atoms with van der Waals surface area (Å²) in [5.74, 6) is 1.14. The van der Waals surface area contributed by atoms with Gasteiger partial charge in [0.05, 0.1) is 6.54 Å². The maximum absolute atomic E-state index is 11.8. The van der Waals surface area contributed by atoms with Crippen molar-refractivity contribution in [2.24, 2.45) is 4.99 Å². The third-order valence-corrected chi connectivity index (χ3v) is 4.78. The monoisotopic (exact) mass is 456 g/mol. The van der Waals surface area contributed by atoms with E-state index in [-0.39, 0.29) is 29.9 Å². The van der Waals surface area contributed by atoms with Crippen LogP contribution in [0.15, 0.2) is 29.3 Å². The summed E-state index contributed by atoms with van der Waals surface area (Å²) in [6.45, 7) is 4.45. The molecule has 0 radical (unpaired) electrons. The maximum atomic E-state index is 11.8. The zero-order chi connectivity index (χ0) is 16.8. The molecular formula is C19H29IN4O. The summed E-state index contributed by atoms with van der Waals surface area (Å²) in [4.78, 5) is 18.4. The summed E-state index contributed by atoms with van der Waals surface area (Å²) >= 11 is 0. The summed E-state index contributed by atoms with van der Waals surface area (Å²) in [7, 11) is 0. The lowest BCUT2D eigenvalue weighted by Crippen LogP contribution is -2.42. The molecule has 0 atom stereocenters. The Kier molecular flexibility index (Phi) is 7.99. The van der Waals surface area contributed by atoms with E-state index in [0.29, 0.717) is 19.0 Å². The molecule has 2 N–H and O–H groups in total. The smallest absolute Gasteiger partial charge is 0.227 e. The highest BCUT2D eigenvalue weighted by atomic mass is 127. The van der Waals surface area contributed by atoms with Crippen LogP contribution in [0.5, 0.6) is 0 Å². The molecule has 1 aromatic carbocycles. The topological polar surface area (TPSA) is 56.7 Å². The quantitative estimate of drug-likeness (QED) is 0.406. The van der Waals surface area contributed by atoms with Crippen molar-refractivity contribution in [1.82, 2.24) is 10.6 Å². The van der Waals surface area contributed by atoms with Gasteiger partial charge in [-0.05, 0) is 43.9 Å². The molecule has 25 heavy (non-hydrogen) atoms. The normalized spacial score (nSPS) is 18.4. The van der Waals surface area contributed by atoms with Gasteiger partial charge >= 0.3 is 0 Å². The molecule has 1 saturated carbocycles. The second kappa shape index (κ2) is 9.99. The fourth-order valence-corrected chi connectivity index (χ4v) is 3.46. The maximum Gasteiger partial charge on any atom is 0.227 e. The Labute approximate surface area is 167 Å². The van der Waals surface area contributed by atoms with E-state index < -0.39 is 0 Å². The van der Waals surface area contributed by atoms with Crippen LogP contribution in [-0.4, -0.2) is 31.0 Å². The summed E-state index contributed by atoms with van der Waals surface area (Å²) < 4.78 is 0. The molecule has 2 aliphatic rings. The minimum atomic E-state index is 0. The van der Waals surface area contributed by atoms with Crippen LogP contribution in [0.2, 0.25) is 0 Å². The number of aliphatic imine (C=N–C) groups is 1. The van der Waals surface area contributed by atoms with E-state index in [1.54, 1.807) is 0 Å². The molecule has 0 aromatic heterocycles. The Morgan fingerprint density at radius 3 is 2.52 bits per heavy atom. The van der Waals surface area contributed by atoms with Crippen LogP contribution >= 0.6 is 24.0 Å². The van der Waals surface area contributed by atoms with Crippen molar-refractivity contribution in [2.75, 3.05) is 18.0 Å². The van der Waals surface area contributed by atoms with Gasteiger partial charge in [0.15, 0.2) is 5.96 Å². The Hall–Kier alpha value is -1.31. The predicted molar refractivity (Wildman–Crippen MR) is 114 cm³/mol. The van der Waals surface area contributed by atoms with Crippen LogP contribution in [-0.2, 0) is 11.3 Å². The van der Waals surface area contributed by atoms with Crippen molar-refractivity contribution < 1.29 is 4.79 Å². The number of hydrogen-bond donors (Lipinski definition) is 2. The lowest BCUT2D eigenvalue weighted by molar-refractivity contribution is -0.117. The molecule has 0 bridgehead atoms. The number of anilines is 1. The fourth-order valence-electron chi connectivity index (χ4n) is 3.46. The molecule has 0 spiro atoms. The number of nitrogens with one attached hydrogen (secondary N) is 2. The van der Waals surface area contributed by atoms with Gasteiger partial charge in [-0.15, -0.1) is 24.0 Å². The van der Waals surface area contributed by atoms with Crippen molar-refractivity contribution >= 4 is 41.5 Å². The Bertz CT molecular complexity index is 582. The van der Waals surface area contributed by atoms with Crippen LogP contribution in [0.1, 0.15) is 51.0 Å². The van der Waals surface area contributed by atoms with Crippen LogP contribution in [0.3, 0.4) is 0 Å². The van der Waals surface area contributed by atoms with Crippen molar-refractivity contribution in [2.45, 2.75) is 58.0 Å². The number of nitrogens with zero attached hydrogens (tertiary/aromatic N) is 2. The highest BCUT2D eigenvalue weighted by Crippen LogP contribution is 2.22. The lowest BCUT2D eigenvalue weighted by atomic mass is 10.2. The van der Waals surface area contributed by atoms with E-state index in [9.17, 15) is 4.79 Å². The first-order valence-electron chi connectivity index (χ1n) is 9.20. The van der Waals surface area contributed by atoms with E-state index in [1.165, 1.54) is 25.7 Å². The van der Waals surface area contributed by atoms with Gasteiger partial charge in [-0.2, -0.15) is 0 Å². The first-order chi connectivity index (χ1) is 11.8. The predicted octanol–water partition coefficient (Wildman–Crippen LogP) is 3.43. The molecule has 6 heteroatoms. The molecule has 0 unspecified atom stereocenters. The number of halogens is 1. The molecule has 1 aliphatic heterocycles. The van der Waals surface area contributed by atoms with Crippen LogP contribution in [0.4, 0.5) is 5.69 Å². The molecule has 1 amide bonds. The molecule has 138 valence electrons. The van der Waals surface area contributed by atoms with E-state index in [0.717, 1.165) is 36.7 Å². The van der Waals surface area contributed by atoms with Crippen molar-refractivity contribution in [1.29, 1.82) is 0 Å². The zero-order valence-corrected chi connectivity index (χ0v) is 17.3. The van der Waals surface area contributed by atoms with Gasteiger partial charge in [-0.25, -0.2) is 4.99 Å². The van der Waals surface area contributed by atoms with Gasteiger partial charge in [0.25, 0.3) is 0 Å². The number of amides is 1. The third-order valence-electron chi connectivity index (χ3n) is 4.78. The van der Waals surface area contributed by atoms with Crippen molar-refractivity contribution in [3.05, 3.63) is 29.8 Å². The molecular weight excluding hydrogens is 427 g/mol. The van der Waals surface area contributed by atoms with E-state index in [2.05, 4.69) is 29.7 Å². The average molecular weight is 456 g/mol. The Morgan fingerprint density at radius 1 is 1.20 bits per heavy atom. The van der Waals surface area contributed by atoms with Gasteiger partial charge in [-0.3, -0.25) is 4.79 Å². The summed E-state index contributed by atoms with van der Waals surface area (Å²) in [6.07, 6.45) is 6.74. The fraction of sp³-hybridized carbons (Fsp3) is 0.579. The summed E-state index contributed by atoms with van der Waals surface area (Å²) in [6, 6.07) is 8.77. The average Bonchev–Trinajstić information content (AvgIpc) is 3.25. The SMILES string of the molecule is CCNC(=NCc1ccc(N2CCCC2=O)cc1)NC1CCCC1.I. The molecule has 1 heterocycles. The van der Waals surface area contributed by atoms with E-state index >= 15 is 0 Å². The highest BCUT2D eigenvalue weighted by Gasteiger charge is 2.21. The summed E-state index contributed by atoms with van der Waals surface area (Å²) in [5.41, 5.74) is 2.16. The molecule has 1 saturated heterocycles. The number of guanidine groups is 1. The lowest BCUT2D eigenvalue weighted by Gasteiger charge is -2.17. The van der Waals surface area contributed by atoms with E-state index in [1.807, 2.05) is 17.0 Å². The minimum absolute atomic E-state index is 0. The highest BCUT2D eigenvalue weighted by molar-refractivity contribution is 14.0. The van der Waals surface area contributed by atoms with Crippen LogP contribution in [0, 0.1) is 0 Å². The van der Waals surface area contributed by atoms with Gasteiger partial charge in [0, 0.05) is 31.2 Å². The third kappa shape index (κ3) is 5.59. The molecule has 1 aliphatic carbocycles. The van der Waals surface area contributed by atoms with Gasteiger partial charge in [0.2, 0.25) is 5.91 Å². The van der Waals surface area contributed by atoms with Crippen molar-refractivity contribution in [3.63, 3.8) is 0 Å². The van der Waals surface area contributed by atoms with E-state index in [4.69, 9.17) is 4.99 Å². The van der Waals surface area contributed by atoms with Crippen LogP contribution in [0.25, 0.3) is 0 Å².